The first-order chi connectivity index (χ1) is 14.9. The van der Waals surface area contributed by atoms with Crippen molar-refractivity contribution in [2.75, 3.05) is 19.7 Å². The molecule has 0 unspecified atom stereocenters. The number of amides is 1. The van der Waals surface area contributed by atoms with Crippen molar-refractivity contribution >= 4 is 11.9 Å². The van der Waals surface area contributed by atoms with E-state index in [0.29, 0.717) is 25.1 Å². The molecule has 7 heteroatoms. The lowest BCUT2D eigenvalue weighted by molar-refractivity contribution is -0.190. The van der Waals surface area contributed by atoms with Crippen molar-refractivity contribution in [3.05, 3.63) is 23.3 Å². The number of ketones is 1. The highest BCUT2D eigenvalue weighted by Crippen LogP contribution is 2.62. The van der Waals surface area contributed by atoms with E-state index in [1.165, 1.54) is 0 Å². The number of aliphatic hydroxyl groups excluding tert-OH is 2. The summed E-state index contributed by atoms with van der Waals surface area (Å²) < 4.78 is 5.85. The van der Waals surface area contributed by atoms with E-state index >= 15 is 0 Å². The van der Waals surface area contributed by atoms with Crippen LogP contribution in [0.5, 0.6) is 0 Å². The Morgan fingerprint density at radius 2 is 1.84 bits per heavy atom. The Bertz CT molecular complexity index is 872. The molecule has 1 saturated carbocycles. The average molecular weight is 448 g/mol. The number of aliphatic hydroxyl groups is 3. The van der Waals surface area contributed by atoms with Gasteiger partial charge in [-0.15, -0.1) is 0 Å². The standard InChI is InChI=1S/C25H37NO6/c1-14-12-24-16(3)10-15(2)23(4,5)18(20(24)29)11-17(13-27)19(28)25(24,31)21(14)32-22(30)26-8-6-7-9-26/h11-12,15-16,18-19,21,27-28,31H,6-10,13H2,1-5H3/t15-,16+,18+,19+,21-,24-,25-/m0/s1. The third-order valence-corrected chi connectivity index (χ3v) is 9.09. The summed E-state index contributed by atoms with van der Waals surface area (Å²) in [6, 6.07) is 0. The lowest BCUT2D eigenvalue weighted by Gasteiger charge is -2.48. The largest absolute Gasteiger partial charge is 0.438 e. The highest BCUT2D eigenvalue weighted by molar-refractivity contribution is 5.95. The Morgan fingerprint density at radius 3 is 2.44 bits per heavy atom. The van der Waals surface area contributed by atoms with Crippen LogP contribution in [0.25, 0.3) is 0 Å². The molecule has 0 aromatic rings. The Hall–Kier alpha value is -1.70. The van der Waals surface area contributed by atoms with Crippen LogP contribution in [-0.4, -0.2) is 69.6 Å². The number of carbonyl (C=O) groups excluding carboxylic acids is 2. The molecule has 0 aromatic heterocycles. The maximum absolute atomic E-state index is 14.3. The second-order valence-electron chi connectivity index (χ2n) is 11.0. The Balaban J connectivity index is 1.88. The third kappa shape index (κ3) is 2.90. The van der Waals surface area contributed by atoms with E-state index in [9.17, 15) is 24.9 Å². The van der Waals surface area contributed by atoms with Crippen molar-refractivity contribution in [1.29, 1.82) is 0 Å². The van der Waals surface area contributed by atoms with Gasteiger partial charge in [0.2, 0.25) is 0 Å². The zero-order valence-electron chi connectivity index (χ0n) is 19.8. The molecule has 3 aliphatic carbocycles. The lowest BCUT2D eigenvalue weighted by atomic mass is 9.59. The normalized spacial score (nSPS) is 43.2. The number of likely N-dealkylation sites (tertiary alicyclic amines) is 1. The SMILES string of the molecule is CC1=C[C@]23C(=O)[C@@H](C=C(CO)[C@@H](O)[C@]2(O)[C@H]1OC(=O)N1CCCC1)C(C)(C)[C@@H](C)C[C@H]3C. The Labute approximate surface area is 190 Å². The molecular weight excluding hydrogens is 410 g/mol. The van der Waals surface area contributed by atoms with Crippen molar-refractivity contribution < 1.29 is 29.6 Å². The number of Topliss-reactive ketones (excluding diaryl/α,β-unsaturated/α-hetero) is 1. The van der Waals surface area contributed by atoms with Gasteiger partial charge in [0.1, 0.15) is 6.10 Å². The molecule has 178 valence electrons. The summed E-state index contributed by atoms with van der Waals surface area (Å²) in [7, 11) is 0. The van der Waals surface area contributed by atoms with Crippen molar-refractivity contribution in [3.8, 4) is 0 Å². The molecule has 1 spiro atoms. The number of allylic oxidation sites excluding steroid dienone is 1. The lowest BCUT2D eigenvalue weighted by Crippen LogP contribution is -2.66. The van der Waals surface area contributed by atoms with Gasteiger partial charge in [0.25, 0.3) is 0 Å². The molecule has 4 rings (SSSR count). The van der Waals surface area contributed by atoms with Crippen LogP contribution in [0.1, 0.15) is 53.9 Å². The summed E-state index contributed by atoms with van der Waals surface area (Å²) in [5.41, 5.74) is -3.19. The van der Waals surface area contributed by atoms with Gasteiger partial charge in [0, 0.05) is 19.0 Å². The third-order valence-electron chi connectivity index (χ3n) is 9.09. The zero-order valence-corrected chi connectivity index (χ0v) is 19.8. The summed E-state index contributed by atoms with van der Waals surface area (Å²) in [6.45, 7) is 10.5. The maximum Gasteiger partial charge on any atom is 0.410 e. The van der Waals surface area contributed by atoms with Crippen molar-refractivity contribution in [2.45, 2.75) is 71.7 Å². The van der Waals surface area contributed by atoms with Crippen LogP contribution >= 0.6 is 0 Å². The van der Waals surface area contributed by atoms with Gasteiger partial charge in [-0.25, -0.2) is 4.79 Å². The number of carbonyl (C=O) groups is 2. The van der Waals surface area contributed by atoms with Gasteiger partial charge >= 0.3 is 6.09 Å². The van der Waals surface area contributed by atoms with E-state index in [0.717, 1.165) is 12.8 Å². The van der Waals surface area contributed by atoms with Crippen LogP contribution < -0.4 is 0 Å². The van der Waals surface area contributed by atoms with Gasteiger partial charge in [0.05, 0.1) is 12.0 Å². The van der Waals surface area contributed by atoms with Crippen LogP contribution in [-0.2, 0) is 9.53 Å². The van der Waals surface area contributed by atoms with E-state index in [1.807, 2.05) is 20.8 Å². The molecule has 1 heterocycles. The van der Waals surface area contributed by atoms with Crippen LogP contribution in [0.3, 0.4) is 0 Å². The fraction of sp³-hybridized carbons (Fsp3) is 0.760. The molecule has 2 fully saturated rings. The second kappa shape index (κ2) is 7.67. The predicted octanol–water partition coefficient (Wildman–Crippen LogP) is 2.45. The van der Waals surface area contributed by atoms with Crippen LogP contribution in [0.2, 0.25) is 0 Å². The van der Waals surface area contributed by atoms with E-state index in [2.05, 4.69) is 6.92 Å². The molecule has 32 heavy (non-hydrogen) atoms. The quantitative estimate of drug-likeness (QED) is 0.562. The monoisotopic (exact) mass is 447 g/mol. The molecule has 3 N–H and O–H groups in total. The molecule has 0 radical (unpaired) electrons. The van der Waals surface area contributed by atoms with Crippen molar-refractivity contribution in [2.24, 2.45) is 28.6 Å². The molecule has 1 saturated heterocycles. The number of fused-ring (bicyclic) bond motifs is 1. The summed E-state index contributed by atoms with van der Waals surface area (Å²) >= 11 is 0. The number of nitrogens with zero attached hydrogens (tertiary/aromatic N) is 1. The minimum Gasteiger partial charge on any atom is -0.438 e. The first kappa shape index (κ1) is 23.5. The van der Waals surface area contributed by atoms with E-state index < -0.39 is 47.3 Å². The van der Waals surface area contributed by atoms with Crippen LogP contribution in [0.4, 0.5) is 4.79 Å². The first-order valence-corrected chi connectivity index (χ1v) is 11.8. The topological polar surface area (TPSA) is 107 Å². The van der Waals surface area contributed by atoms with Crippen LogP contribution in [0.15, 0.2) is 23.3 Å². The summed E-state index contributed by atoms with van der Waals surface area (Å²) in [4.78, 5) is 28.8. The highest BCUT2D eigenvalue weighted by Gasteiger charge is 2.73. The number of ether oxygens (including phenoxy) is 1. The van der Waals surface area contributed by atoms with Gasteiger partial charge in [-0.05, 0) is 54.6 Å². The van der Waals surface area contributed by atoms with Gasteiger partial charge in [-0.2, -0.15) is 0 Å². The van der Waals surface area contributed by atoms with Gasteiger partial charge in [-0.3, -0.25) is 4.79 Å². The Morgan fingerprint density at radius 1 is 1.22 bits per heavy atom. The molecule has 7 nitrogen and oxygen atoms in total. The fourth-order valence-corrected chi connectivity index (χ4v) is 6.73. The minimum absolute atomic E-state index is 0.154. The number of rotatable bonds is 2. The highest BCUT2D eigenvalue weighted by atomic mass is 16.6. The first-order valence-electron chi connectivity index (χ1n) is 11.8. The Kier molecular flexibility index (Phi) is 5.63. The molecular formula is C25H37NO6. The zero-order chi connectivity index (χ0) is 23.6. The van der Waals surface area contributed by atoms with Crippen LogP contribution in [0, 0.1) is 28.6 Å². The molecule has 4 aliphatic rings. The van der Waals surface area contributed by atoms with E-state index in [-0.39, 0.29) is 23.2 Å². The van der Waals surface area contributed by atoms with Gasteiger partial charge in [0.15, 0.2) is 17.5 Å². The average Bonchev–Trinajstić information content (AvgIpc) is 3.32. The summed E-state index contributed by atoms with van der Waals surface area (Å²) in [5.74, 6) is -0.916. The smallest absolute Gasteiger partial charge is 0.410 e. The molecule has 7 atom stereocenters. The summed E-state index contributed by atoms with van der Waals surface area (Å²) in [6.07, 6.45) is 2.60. The summed E-state index contributed by atoms with van der Waals surface area (Å²) in [5, 5.41) is 33.9. The fourth-order valence-electron chi connectivity index (χ4n) is 6.73. The molecule has 2 bridgehead atoms. The molecule has 1 amide bonds. The molecule has 1 aliphatic heterocycles. The van der Waals surface area contributed by atoms with Gasteiger partial charge in [-0.1, -0.05) is 39.8 Å². The van der Waals surface area contributed by atoms with Gasteiger partial charge < -0.3 is 25.0 Å². The number of hydrogen-bond acceptors (Lipinski definition) is 6. The number of hydrogen-bond donors (Lipinski definition) is 3. The van der Waals surface area contributed by atoms with Crippen molar-refractivity contribution in [3.63, 3.8) is 0 Å². The maximum atomic E-state index is 14.3. The minimum atomic E-state index is -2.09. The van der Waals surface area contributed by atoms with Crippen molar-refractivity contribution in [1.82, 2.24) is 4.90 Å². The second-order valence-corrected chi connectivity index (χ2v) is 11.0. The predicted molar refractivity (Wildman–Crippen MR) is 119 cm³/mol. The molecule has 0 aromatic carbocycles. The van der Waals surface area contributed by atoms with E-state index in [1.54, 1.807) is 24.0 Å². The van der Waals surface area contributed by atoms with E-state index in [4.69, 9.17) is 4.74 Å².